The third-order valence-electron chi connectivity index (χ3n) is 6.15. The first-order valence-corrected chi connectivity index (χ1v) is 12.1. The number of urea groups is 1. The van der Waals surface area contributed by atoms with Crippen LogP contribution in [0.4, 0.5) is 27.5 Å². The molecular weight excluding hydrogens is 486 g/mol. The molecule has 0 fully saturated rings. The van der Waals surface area contributed by atoms with E-state index in [-0.39, 0.29) is 30.7 Å². The van der Waals surface area contributed by atoms with Crippen LogP contribution < -0.4 is 21.3 Å². The highest BCUT2D eigenvalue weighted by Crippen LogP contribution is 2.27. The van der Waals surface area contributed by atoms with E-state index in [2.05, 4.69) is 21.3 Å². The lowest BCUT2D eigenvalue weighted by Gasteiger charge is -2.19. The number of aryl methyl sites for hydroxylation is 1. The second-order valence-corrected chi connectivity index (χ2v) is 9.18. The molecule has 10 heteroatoms. The quantitative estimate of drug-likeness (QED) is 0.322. The van der Waals surface area contributed by atoms with Gasteiger partial charge in [-0.05, 0) is 53.9 Å². The van der Waals surface area contributed by atoms with E-state index < -0.39 is 12.0 Å². The molecule has 1 heterocycles. The van der Waals surface area contributed by atoms with Crippen molar-refractivity contribution in [2.75, 3.05) is 28.3 Å². The molecule has 0 aromatic heterocycles. The van der Waals surface area contributed by atoms with Crippen molar-refractivity contribution in [3.05, 3.63) is 83.4 Å². The second-order valence-electron chi connectivity index (χ2n) is 9.18. The van der Waals surface area contributed by atoms with Gasteiger partial charge in [-0.25, -0.2) is 4.79 Å². The minimum absolute atomic E-state index is 0.114. The first-order chi connectivity index (χ1) is 18.2. The molecule has 1 atom stereocenters. The number of para-hydroxylation sites is 1. The van der Waals surface area contributed by atoms with Crippen LogP contribution in [0.1, 0.15) is 23.1 Å². The number of nitrogens with one attached hydrogen (secondary N) is 4. The van der Waals surface area contributed by atoms with E-state index in [4.69, 9.17) is 5.11 Å². The van der Waals surface area contributed by atoms with Crippen LogP contribution >= 0.6 is 0 Å². The lowest BCUT2D eigenvalue weighted by molar-refractivity contribution is -0.141. The molecule has 0 radical (unpaired) electrons. The number of aliphatic carboxylic acids is 1. The zero-order chi connectivity index (χ0) is 27.2. The number of carbonyl (C=O) groups excluding carboxylic acids is 3. The molecule has 3 aromatic rings. The molecule has 196 valence electrons. The average molecular weight is 516 g/mol. The molecule has 0 aliphatic carbocycles. The van der Waals surface area contributed by atoms with Crippen LogP contribution in [0.25, 0.3) is 0 Å². The van der Waals surface area contributed by atoms with E-state index in [1.165, 1.54) is 4.90 Å². The number of carboxylic acid groups (broad SMARTS) is 1. The van der Waals surface area contributed by atoms with Crippen LogP contribution in [-0.4, -0.2) is 46.9 Å². The second kappa shape index (κ2) is 11.5. The number of hydrogen-bond donors (Lipinski definition) is 5. The number of fused-ring (bicyclic) bond motifs is 1. The Morgan fingerprint density at radius 1 is 0.974 bits per heavy atom. The minimum Gasteiger partial charge on any atom is -0.481 e. The van der Waals surface area contributed by atoms with Crippen molar-refractivity contribution < 1.29 is 24.3 Å². The van der Waals surface area contributed by atoms with Gasteiger partial charge in [0.15, 0.2) is 0 Å². The standard InChI is InChI=1S/C28H29N5O5/c1-17-5-3-4-6-22(17)32-28(38)30-20-10-7-18(8-11-20)13-25(34)29-21-12-9-19-16-33(2)27(37)24(15-26(35)36)31-23(19)14-21/h3-12,14,24,31H,13,15-16H2,1-2H3,(H,29,34)(H,35,36)(H2,30,32,38). The molecule has 38 heavy (non-hydrogen) atoms. The monoisotopic (exact) mass is 515 g/mol. The van der Waals surface area contributed by atoms with Gasteiger partial charge in [-0.15, -0.1) is 0 Å². The molecule has 1 aliphatic heterocycles. The van der Waals surface area contributed by atoms with Crippen LogP contribution in [0.15, 0.2) is 66.7 Å². The predicted octanol–water partition coefficient (Wildman–Crippen LogP) is 4.05. The molecule has 0 spiro atoms. The topological polar surface area (TPSA) is 140 Å². The summed E-state index contributed by atoms with van der Waals surface area (Å²) in [6, 6.07) is 18.4. The van der Waals surface area contributed by atoms with Crippen molar-refractivity contribution >= 4 is 46.6 Å². The number of likely N-dealkylation sites (N-methyl/N-ethyl adjacent to an activating group) is 1. The molecule has 5 N–H and O–H groups in total. The van der Waals surface area contributed by atoms with Crippen molar-refractivity contribution in [2.45, 2.75) is 32.4 Å². The fraction of sp³-hybridized carbons (Fsp3) is 0.214. The first-order valence-electron chi connectivity index (χ1n) is 12.1. The van der Waals surface area contributed by atoms with Gasteiger partial charge in [0.25, 0.3) is 0 Å². The summed E-state index contributed by atoms with van der Waals surface area (Å²) in [4.78, 5) is 50.1. The molecular formula is C28H29N5O5. The summed E-state index contributed by atoms with van der Waals surface area (Å²) in [5, 5.41) is 20.6. The Balaban J connectivity index is 1.35. The summed E-state index contributed by atoms with van der Waals surface area (Å²) in [6.45, 7) is 2.24. The highest BCUT2D eigenvalue weighted by molar-refractivity contribution is 6.00. The van der Waals surface area contributed by atoms with Crippen LogP contribution in [0.5, 0.6) is 0 Å². The fourth-order valence-corrected chi connectivity index (χ4v) is 4.18. The predicted molar refractivity (Wildman–Crippen MR) is 145 cm³/mol. The zero-order valence-electron chi connectivity index (χ0n) is 21.1. The van der Waals surface area contributed by atoms with Crippen LogP contribution in [0.2, 0.25) is 0 Å². The van der Waals surface area contributed by atoms with Gasteiger partial charge in [0.1, 0.15) is 6.04 Å². The van der Waals surface area contributed by atoms with Crippen molar-refractivity contribution in [2.24, 2.45) is 0 Å². The third-order valence-corrected chi connectivity index (χ3v) is 6.15. The smallest absolute Gasteiger partial charge is 0.323 e. The molecule has 0 saturated heterocycles. The summed E-state index contributed by atoms with van der Waals surface area (Å²) in [5.41, 5.74) is 4.98. The lowest BCUT2D eigenvalue weighted by Crippen LogP contribution is -2.39. The molecule has 0 saturated carbocycles. The van der Waals surface area contributed by atoms with Crippen LogP contribution in [0, 0.1) is 6.92 Å². The minimum atomic E-state index is -1.08. The van der Waals surface area contributed by atoms with E-state index in [0.717, 1.165) is 22.4 Å². The van der Waals surface area contributed by atoms with Gasteiger partial charge in [0.2, 0.25) is 11.8 Å². The summed E-state index contributed by atoms with van der Waals surface area (Å²) in [5.74, 6) is -1.63. The van der Waals surface area contributed by atoms with Gasteiger partial charge in [0.05, 0.1) is 12.8 Å². The Kier molecular flexibility index (Phi) is 7.91. The number of carbonyl (C=O) groups is 4. The number of nitrogens with zero attached hydrogens (tertiary/aromatic N) is 1. The van der Waals surface area contributed by atoms with Crippen molar-refractivity contribution in [3.63, 3.8) is 0 Å². The normalized spacial score (nSPS) is 14.5. The van der Waals surface area contributed by atoms with Crippen LogP contribution in [-0.2, 0) is 27.3 Å². The Morgan fingerprint density at radius 2 is 1.68 bits per heavy atom. The SMILES string of the molecule is Cc1ccccc1NC(=O)Nc1ccc(CC(=O)Nc2ccc3c(c2)NC(CC(=O)O)C(=O)N(C)C3)cc1. The highest BCUT2D eigenvalue weighted by Gasteiger charge is 2.29. The molecule has 1 unspecified atom stereocenters. The van der Waals surface area contributed by atoms with Crippen LogP contribution in [0.3, 0.4) is 0 Å². The summed E-state index contributed by atoms with van der Waals surface area (Å²) in [6.07, 6.45) is -0.235. The first kappa shape index (κ1) is 26.2. The average Bonchev–Trinajstić information content (AvgIpc) is 2.97. The zero-order valence-corrected chi connectivity index (χ0v) is 21.1. The number of anilines is 4. The molecule has 3 aromatic carbocycles. The maximum absolute atomic E-state index is 12.7. The van der Waals surface area contributed by atoms with E-state index in [9.17, 15) is 19.2 Å². The maximum Gasteiger partial charge on any atom is 0.323 e. The Hall–Kier alpha value is -4.86. The summed E-state index contributed by atoms with van der Waals surface area (Å²) >= 11 is 0. The van der Waals surface area contributed by atoms with E-state index >= 15 is 0 Å². The van der Waals surface area contributed by atoms with Gasteiger partial charge in [-0.2, -0.15) is 0 Å². The molecule has 4 amide bonds. The van der Waals surface area contributed by atoms with E-state index in [0.29, 0.717) is 23.6 Å². The number of rotatable bonds is 7. The lowest BCUT2D eigenvalue weighted by atomic mass is 10.1. The molecule has 1 aliphatic rings. The summed E-state index contributed by atoms with van der Waals surface area (Å²) < 4.78 is 0. The Morgan fingerprint density at radius 3 is 2.39 bits per heavy atom. The molecule has 0 bridgehead atoms. The number of hydrogen-bond acceptors (Lipinski definition) is 5. The largest absolute Gasteiger partial charge is 0.481 e. The number of benzene rings is 3. The van der Waals surface area contributed by atoms with Crippen molar-refractivity contribution in [1.82, 2.24) is 4.90 Å². The van der Waals surface area contributed by atoms with Gasteiger partial charge in [-0.1, -0.05) is 36.4 Å². The molecule has 10 nitrogen and oxygen atoms in total. The molecule has 4 rings (SSSR count). The third kappa shape index (κ3) is 6.67. The maximum atomic E-state index is 12.7. The Bertz CT molecular complexity index is 1370. The number of amides is 4. The van der Waals surface area contributed by atoms with Gasteiger partial charge >= 0.3 is 12.0 Å². The van der Waals surface area contributed by atoms with E-state index in [1.54, 1.807) is 49.5 Å². The highest BCUT2D eigenvalue weighted by atomic mass is 16.4. The van der Waals surface area contributed by atoms with Crippen molar-refractivity contribution in [1.29, 1.82) is 0 Å². The summed E-state index contributed by atoms with van der Waals surface area (Å²) in [7, 11) is 1.63. The van der Waals surface area contributed by atoms with Gasteiger partial charge in [-0.3, -0.25) is 14.4 Å². The number of carboxylic acids is 1. The van der Waals surface area contributed by atoms with E-state index in [1.807, 2.05) is 31.2 Å². The van der Waals surface area contributed by atoms with Crippen molar-refractivity contribution in [3.8, 4) is 0 Å². The fourth-order valence-electron chi connectivity index (χ4n) is 4.18. The van der Waals surface area contributed by atoms with Gasteiger partial charge in [0, 0.05) is 36.3 Å². The van der Waals surface area contributed by atoms with Gasteiger partial charge < -0.3 is 31.3 Å². The Labute approximate surface area is 220 Å².